The van der Waals surface area contributed by atoms with Gasteiger partial charge in [0.1, 0.15) is 4.21 Å². The van der Waals surface area contributed by atoms with Gasteiger partial charge in [0.15, 0.2) is 0 Å². The first-order valence-electron chi connectivity index (χ1n) is 6.19. The largest absolute Gasteiger partial charge is 0.312 e. The highest BCUT2D eigenvalue weighted by molar-refractivity contribution is 9.11. The fourth-order valence-corrected chi connectivity index (χ4v) is 4.85. The van der Waals surface area contributed by atoms with Crippen LogP contribution in [0.4, 0.5) is 5.69 Å². The van der Waals surface area contributed by atoms with Gasteiger partial charge < -0.3 is 5.32 Å². The normalized spacial score (nSPS) is 11.6. The van der Waals surface area contributed by atoms with Gasteiger partial charge in [0.2, 0.25) is 0 Å². The Hall–Kier alpha value is -0.410. The van der Waals surface area contributed by atoms with Crippen LogP contribution in [-0.2, 0) is 16.6 Å². The molecule has 114 valence electrons. The maximum absolute atomic E-state index is 12.4. The van der Waals surface area contributed by atoms with Crippen molar-refractivity contribution in [1.29, 1.82) is 0 Å². The highest BCUT2D eigenvalue weighted by atomic mass is 79.9. The Morgan fingerprint density at radius 2 is 1.95 bits per heavy atom. The highest BCUT2D eigenvalue weighted by Crippen LogP contribution is 2.30. The molecule has 0 unspecified atom stereocenters. The van der Waals surface area contributed by atoms with Crippen molar-refractivity contribution in [2.24, 2.45) is 0 Å². The third kappa shape index (κ3) is 4.53. The standard InChI is InChI=1S/C13H14Br2N2O2S2/c1-2-16-8-10-4-6-13(20-10)21(18,19)17-12-7-9(14)3-5-11(12)15/h3-7,16-17H,2,8H2,1H3. The van der Waals surface area contributed by atoms with Gasteiger partial charge in [-0.3, -0.25) is 4.72 Å². The van der Waals surface area contributed by atoms with Gasteiger partial charge in [-0.1, -0.05) is 22.9 Å². The van der Waals surface area contributed by atoms with Crippen LogP contribution in [0, 0.1) is 0 Å². The summed E-state index contributed by atoms with van der Waals surface area (Å²) in [4.78, 5) is 0.991. The molecular formula is C13H14Br2N2O2S2. The van der Waals surface area contributed by atoms with Gasteiger partial charge in [-0.15, -0.1) is 11.3 Å². The van der Waals surface area contributed by atoms with Crippen molar-refractivity contribution in [3.63, 3.8) is 0 Å². The lowest BCUT2D eigenvalue weighted by Crippen LogP contribution is -2.12. The van der Waals surface area contributed by atoms with Crippen molar-refractivity contribution in [2.75, 3.05) is 11.3 Å². The molecule has 4 nitrogen and oxygen atoms in total. The molecule has 0 saturated carbocycles. The van der Waals surface area contributed by atoms with Crippen molar-refractivity contribution in [2.45, 2.75) is 17.7 Å². The zero-order valence-electron chi connectivity index (χ0n) is 11.2. The Balaban J connectivity index is 2.22. The molecule has 0 bridgehead atoms. The fraction of sp³-hybridized carbons (Fsp3) is 0.231. The van der Waals surface area contributed by atoms with E-state index >= 15 is 0 Å². The Morgan fingerprint density at radius 3 is 2.67 bits per heavy atom. The summed E-state index contributed by atoms with van der Waals surface area (Å²) in [5.74, 6) is 0. The van der Waals surface area contributed by atoms with E-state index in [-0.39, 0.29) is 0 Å². The van der Waals surface area contributed by atoms with E-state index in [0.717, 1.165) is 15.9 Å². The minimum absolute atomic E-state index is 0.308. The summed E-state index contributed by atoms with van der Waals surface area (Å²) in [5.41, 5.74) is 0.506. The summed E-state index contributed by atoms with van der Waals surface area (Å²) in [6.45, 7) is 3.54. The number of thiophene rings is 1. The van der Waals surface area contributed by atoms with Crippen LogP contribution in [0.15, 0.2) is 43.5 Å². The maximum atomic E-state index is 12.4. The summed E-state index contributed by atoms with van der Waals surface area (Å²) >= 11 is 7.94. The molecule has 1 aromatic carbocycles. The van der Waals surface area contributed by atoms with Gasteiger partial charge in [0, 0.05) is 20.4 Å². The minimum Gasteiger partial charge on any atom is -0.312 e. The lowest BCUT2D eigenvalue weighted by molar-refractivity contribution is 0.603. The molecule has 0 spiro atoms. The summed E-state index contributed by atoms with van der Waals surface area (Å²) in [6.07, 6.45) is 0. The first-order valence-corrected chi connectivity index (χ1v) is 10.1. The van der Waals surface area contributed by atoms with Gasteiger partial charge in [-0.2, -0.15) is 0 Å². The molecule has 21 heavy (non-hydrogen) atoms. The van der Waals surface area contributed by atoms with E-state index < -0.39 is 10.0 Å². The predicted molar refractivity (Wildman–Crippen MR) is 94.4 cm³/mol. The summed E-state index contributed by atoms with van der Waals surface area (Å²) < 4.78 is 29.2. The Labute approximate surface area is 145 Å². The smallest absolute Gasteiger partial charge is 0.271 e. The molecule has 0 radical (unpaired) electrons. The number of benzene rings is 1. The molecule has 0 saturated heterocycles. The molecule has 2 N–H and O–H groups in total. The van der Waals surface area contributed by atoms with Crippen molar-refractivity contribution in [1.82, 2.24) is 5.32 Å². The SMILES string of the molecule is CCNCc1ccc(S(=O)(=O)Nc2cc(Br)ccc2Br)s1. The van der Waals surface area contributed by atoms with Gasteiger partial charge >= 0.3 is 0 Å². The van der Waals surface area contributed by atoms with Crippen LogP contribution >= 0.6 is 43.2 Å². The minimum atomic E-state index is -3.57. The first kappa shape index (κ1) is 17.0. The fourth-order valence-electron chi connectivity index (χ4n) is 1.62. The second kappa shape index (κ2) is 7.23. The Bertz CT molecular complexity index is 730. The second-order valence-corrected chi connectivity index (χ2v) is 9.08. The first-order chi connectivity index (χ1) is 9.92. The molecule has 2 aromatic rings. The van der Waals surface area contributed by atoms with E-state index in [1.54, 1.807) is 18.2 Å². The molecule has 0 amide bonds. The number of halogens is 2. The summed E-state index contributed by atoms with van der Waals surface area (Å²) in [7, 11) is -3.57. The number of nitrogens with one attached hydrogen (secondary N) is 2. The zero-order valence-corrected chi connectivity index (χ0v) is 16.0. The van der Waals surface area contributed by atoms with Crippen molar-refractivity contribution in [3.05, 3.63) is 44.2 Å². The maximum Gasteiger partial charge on any atom is 0.271 e. The lowest BCUT2D eigenvalue weighted by Gasteiger charge is -2.08. The van der Waals surface area contributed by atoms with Crippen molar-refractivity contribution < 1.29 is 8.42 Å². The van der Waals surface area contributed by atoms with E-state index in [0.29, 0.717) is 20.9 Å². The zero-order chi connectivity index (χ0) is 15.5. The molecule has 8 heteroatoms. The van der Waals surface area contributed by atoms with Gasteiger partial charge in [0.25, 0.3) is 10.0 Å². The van der Waals surface area contributed by atoms with E-state index in [2.05, 4.69) is 41.9 Å². The number of hydrogen-bond acceptors (Lipinski definition) is 4. The average Bonchev–Trinajstić information content (AvgIpc) is 2.90. The molecule has 1 heterocycles. The van der Waals surface area contributed by atoms with Crippen molar-refractivity contribution >= 4 is 58.9 Å². The van der Waals surface area contributed by atoms with E-state index in [1.165, 1.54) is 11.3 Å². The van der Waals surface area contributed by atoms with Gasteiger partial charge in [0.05, 0.1) is 5.69 Å². The monoisotopic (exact) mass is 452 g/mol. The molecule has 0 fully saturated rings. The predicted octanol–water partition coefficient (Wildman–Crippen LogP) is 4.18. The van der Waals surface area contributed by atoms with Crippen LogP contribution in [0.2, 0.25) is 0 Å². The van der Waals surface area contributed by atoms with Crippen LogP contribution in [0.3, 0.4) is 0 Å². The van der Waals surface area contributed by atoms with Crippen LogP contribution in [-0.4, -0.2) is 15.0 Å². The third-order valence-electron chi connectivity index (χ3n) is 2.62. The van der Waals surface area contributed by atoms with E-state index in [4.69, 9.17) is 0 Å². The summed E-state index contributed by atoms with van der Waals surface area (Å²) in [6, 6.07) is 8.80. The molecule has 1 aromatic heterocycles. The summed E-state index contributed by atoms with van der Waals surface area (Å²) in [5, 5.41) is 3.18. The third-order valence-corrected chi connectivity index (χ3v) is 6.75. The van der Waals surface area contributed by atoms with E-state index in [1.807, 2.05) is 19.1 Å². The van der Waals surface area contributed by atoms with Gasteiger partial charge in [-0.05, 0) is 52.8 Å². The lowest BCUT2D eigenvalue weighted by atomic mass is 10.3. The van der Waals surface area contributed by atoms with Crippen molar-refractivity contribution in [3.8, 4) is 0 Å². The topological polar surface area (TPSA) is 58.2 Å². The van der Waals surface area contributed by atoms with Crippen LogP contribution in [0.5, 0.6) is 0 Å². The van der Waals surface area contributed by atoms with Crippen LogP contribution in [0.1, 0.15) is 11.8 Å². The van der Waals surface area contributed by atoms with E-state index in [9.17, 15) is 8.42 Å². The Kier molecular flexibility index (Phi) is 5.84. The molecule has 2 rings (SSSR count). The van der Waals surface area contributed by atoms with Crippen LogP contribution in [0.25, 0.3) is 0 Å². The second-order valence-electron chi connectivity index (χ2n) is 4.23. The quantitative estimate of drug-likeness (QED) is 0.689. The highest BCUT2D eigenvalue weighted by Gasteiger charge is 2.18. The number of anilines is 1. The Morgan fingerprint density at radius 1 is 1.19 bits per heavy atom. The molecule has 0 aliphatic rings. The number of hydrogen-bond donors (Lipinski definition) is 2. The number of rotatable bonds is 6. The molecule has 0 atom stereocenters. The molecule has 0 aliphatic carbocycles. The van der Waals surface area contributed by atoms with Gasteiger partial charge in [-0.25, -0.2) is 8.42 Å². The van der Waals surface area contributed by atoms with Crippen LogP contribution < -0.4 is 10.0 Å². The average molecular weight is 454 g/mol. The number of sulfonamides is 1. The molecule has 0 aliphatic heterocycles. The molecular weight excluding hydrogens is 440 g/mol.